The van der Waals surface area contributed by atoms with Crippen LogP contribution < -0.4 is 10.6 Å². The average molecular weight is 285 g/mol. The second-order valence-corrected chi connectivity index (χ2v) is 5.21. The maximum atomic E-state index is 12.1. The fourth-order valence-corrected chi connectivity index (χ4v) is 1.63. The topological polar surface area (TPSA) is 79.8 Å². The van der Waals surface area contributed by atoms with E-state index in [1.807, 2.05) is 13.0 Å². The van der Waals surface area contributed by atoms with Gasteiger partial charge in [0.05, 0.1) is 24.3 Å². The zero-order chi connectivity index (χ0) is 15.2. The summed E-state index contributed by atoms with van der Waals surface area (Å²) in [5, 5.41) is 5.93. The van der Waals surface area contributed by atoms with Crippen LogP contribution in [0.4, 0.5) is 11.5 Å². The largest absolute Gasteiger partial charge is 0.369 e. The van der Waals surface area contributed by atoms with Gasteiger partial charge in [0.15, 0.2) is 0 Å². The molecule has 2 aromatic heterocycles. The van der Waals surface area contributed by atoms with Crippen LogP contribution in [-0.2, 0) is 0 Å². The Morgan fingerprint density at radius 3 is 2.67 bits per heavy atom. The van der Waals surface area contributed by atoms with Crippen LogP contribution in [0.25, 0.3) is 0 Å². The van der Waals surface area contributed by atoms with Gasteiger partial charge < -0.3 is 10.6 Å². The standard InChI is InChI=1S/C15H19N5O/c1-10(2)6-18-14-9-17-13(8-19-14)15(21)20-12-7-16-5-4-11(12)3/h4-5,7-10H,6H2,1-3H3,(H,18,19)(H,20,21). The number of nitrogens with one attached hydrogen (secondary N) is 2. The maximum absolute atomic E-state index is 12.1. The molecule has 0 aliphatic carbocycles. The van der Waals surface area contributed by atoms with Crippen molar-refractivity contribution in [2.24, 2.45) is 5.92 Å². The summed E-state index contributed by atoms with van der Waals surface area (Å²) >= 11 is 0. The minimum atomic E-state index is -0.297. The van der Waals surface area contributed by atoms with Gasteiger partial charge in [-0.15, -0.1) is 0 Å². The summed E-state index contributed by atoms with van der Waals surface area (Å²) in [6, 6.07) is 1.83. The third-order valence-corrected chi connectivity index (χ3v) is 2.86. The van der Waals surface area contributed by atoms with Gasteiger partial charge in [0, 0.05) is 12.7 Å². The lowest BCUT2D eigenvalue weighted by molar-refractivity contribution is 0.102. The Morgan fingerprint density at radius 2 is 2.05 bits per heavy atom. The molecule has 0 spiro atoms. The lowest BCUT2D eigenvalue weighted by Crippen LogP contribution is -2.16. The Balaban J connectivity index is 2.01. The van der Waals surface area contributed by atoms with E-state index in [9.17, 15) is 4.79 Å². The molecule has 0 atom stereocenters. The van der Waals surface area contributed by atoms with Crippen molar-refractivity contribution in [3.05, 3.63) is 42.1 Å². The monoisotopic (exact) mass is 285 g/mol. The molecule has 1 amide bonds. The summed E-state index contributed by atoms with van der Waals surface area (Å²) in [7, 11) is 0. The molecule has 0 aliphatic heterocycles. The van der Waals surface area contributed by atoms with Crippen LogP contribution in [0.5, 0.6) is 0 Å². The van der Waals surface area contributed by atoms with E-state index in [0.717, 1.165) is 12.1 Å². The number of amides is 1. The van der Waals surface area contributed by atoms with Gasteiger partial charge in [-0.05, 0) is 24.5 Å². The molecule has 0 saturated heterocycles. The number of hydrogen-bond acceptors (Lipinski definition) is 5. The highest BCUT2D eigenvalue weighted by Crippen LogP contribution is 2.12. The molecule has 0 saturated carbocycles. The van der Waals surface area contributed by atoms with Gasteiger partial charge in [0.25, 0.3) is 5.91 Å². The van der Waals surface area contributed by atoms with Crippen molar-refractivity contribution in [3.63, 3.8) is 0 Å². The number of rotatable bonds is 5. The van der Waals surface area contributed by atoms with Crippen molar-refractivity contribution in [1.82, 2.24) is 15.0 Å². The van der Waals surface area contributed by atoms with Gasteiger partial charge in [-0.3, -0.25) is 9.78 Å². The average Bonchev–Trinajstić information content (AvgIpc) is 2.48. The SMILES string of the molecule is Cc1ccncc1NC(=O)c1cnc(NCC(C)C)cn1. The zero-order valence-corrected chi connectivity index (χ0v) is 12.4. The van der Waals surface area contributed by atoms with Crippen LogP contribution in [0.2, 0.25) is 0 Å². The number of carbonyl (C=O) groups excluding carboxylic acids is 1. The molecule has 0 bridgehead atoms. The smallest absolute Gasteiger partial charge is 0.275 e. The Bertz CT molecular complexity index is 610. The van der Waals surface area contributed by atoms with Crippen LogP contribution in [-0.4, -0.2) is 27.4 Å². The van der Waals surface area contributed by atoms with E-state index in [0.29, 0.717) is 17.4 Å². The molecule has 2 N–H and O–H groups in total. The summed E-state index contributed by atoms with van der Waals surface area (Å²) in [5.74, 6) is 0.884. The van der Waals surface area contributed by atoms with E-state index in [1.54, 1.807) is 18.6 Å². The van der Waals surface area contributed by atoms with Crippen LogP contribution in [0.15, 0.2) is 30.9 Å². The molecule has 0 unspecified atom stereocenters. The Morgan fingerprint density at radius 1 is 1.24 bits per heavy atom. The molecule has 0 aromatic carbocycles. The van der Waals surface area contributed by atoms with E-state index in [-0.39, 0.29) is 11.6 Å². The number of anilines is 2. The first kappa shape index (κ1) is 14.9. The quantitative estimate of drug-likeness (QED) is 0.882. The Kier molecular flexibility index (Phi) is 4.81. The molecule has 21 heavy (non-hydrogen) atoms. The molecule has 6 nitrogen and oxygen atoms in total. The predicted molar refractivity (Wildman–Crippen MR) is 82.3 cm³/mol. The van der Waals surface area contributed by atoms with E-state index < -0.39 is 0 Å². The second-order valence-electron chi connectivity index (χ2n) is 5.21. The third-order valence-electron chi connectivity index (χ3n) is 2.86. The van der Waals surface area contributed by atoms with Crippen molar-refractivity contribution < 1.29 is 4.79 Å². The second kappa shape index (κ2) is 6.78. The number of pyridine rings is 1. The molecule has 6 heteroatoms. The van der Waals surface area contributed by atoms with Crippen LogP contribution >= 0.6 is 0 Å². The lowest BCUT2D eigenvalue weighted by atomic mass is 10.2. The Hall–Kier alpha value is -2.50. The van der Waals surface area contributed by atoms with Crippen molar-refractivity contribution in [2.75, 3.05) is 17.2 Å². The van der Waals surface area contributed by atoms with E-state index in [2.05, 4.69) is 39.4 Å². The van der Waals surface area contributed by atoms with Crippen molar-refractivity contribution in [1.29, 1.82) is 0 Å². The highest BCUT2D eigenvalue weighted by atomic mass is 16.1. The number of carbonyl (C=O) groups is 1. The molecular formula is C15H19N5O. The number of nitrogens with zero attached hydrogens (tertiary/aromatic N) is 3. The predicted octanol–water partition coefficient (Wildman–Crippen LogP) is 2.50. The van der Waals surface area contributed by atoms with Crippen LogP contribution in [0, 0.1) is 12.8 Å². The highest BCUT2D eigenvalue weighted by Gasteiger charge is 2.10. The van der Waals surface area contributed by atoms with Crippen LogP contribution in [0.1, 0.15) is 29.9 Å². The molecule has 2 heterocycles. The van der Waals surface area contributed by atoms with E-state index in [1.165, 1.54) is 6.20 Å². The summed E-state index contributed by atoms with van der Waals surface area (Å²) in [6.45, 7) is 6.94. The third kappa shape index (κ3) is 4.24. The van der Waals surface area contributed by atoms with Gasteiger partial charge in [0.2, 0.25) is 0 Å². The molecule has 2 aromatic rings. The fraction of sp³-hybridized carbons (Fsp3) is 0.333. The zero-order valence-electron chi connectivity index (χ0n) is 12.4. The first-order valence-corrected chi connectivity index (χ1v) is 6.84. The minimum Gasteiger partial charge on any atom is -0.369 e. The van der Waals surface area contributed by atoms with E-state index >= 15 is 0 Å². The molecule has 110 valence electrons. The van der Waals surface area contributed by atoms with Crippen LogP contribution in [0.3, 0.4) is 0 Å². The first-order valence-electron chi connectivity index (χ1n) is 6.84. The lowest BCUT2D eigenvalue weighted by Gasteiger charge is -2.09. The van der Waals surface area contributed by atoms with Gasteiger partial charge in [-0.1, -0.05) is 13.8 Å². The summed E-state index contributed by atoms with van der Waals surface area (Å²) < 4.78 is 0. The minimum absolute atomic E-state index is 0.272. The summed E-state index contributed by atoms with van der Waals surface area (Å²) in [6.07, 6.45) is 6.32. The normalized spacial score (nSPS) is 10.5. The Labute approximate surface area is 124 Å². The van der Waals surface area contributed by atoms with E-state index in [4.69, 9.17) is 0 Å². The van der Waals surface area contributed by atoms with Gasteiger partial charge in [-0.2, -0.15) is 0 Å². The molecule has 0 radical (unpaired) electrons. The first-order chi connectivity index (χ1) is 10.1. The van der Waals surface area contributed by atoms with Gasteiger partial charge in [-0.25, -0.2) is 9.97 Å². The number of aromatic nitrogens is 3. The molecule has 0 fully saturated rings. The fourth-order valence-electron chi connectivity index (χ4n) is 1.63. The van der Waals surface area contributed by atoms with Gasteiger partial charge >= 0.3 is 0 Å². The summed E-state index contributed by atoms with van der Waals surface area (Å²) in [4.78, 5) is 24.4. The van der Waals surface area contributed by atoms with Crippen molar-refractivity contribution in [3.8, 4) is 0 Å². The molecular weight excluding hydrogens is 266 g/mol. The summed E-state index contributed by atoms with van der Waals surface area (Å²) in [5.41, 5.74) is 1.89. The molecule has 0 aliphatic rings. The van der Waals surface area contributed by atoms with Crippen molar-refractivity contribution >= 4 is 17.4 Å². The van der Waals surface area contributed by atoms with Crippen molar-refractivity contribution in [2.45, 2.75) is 20.8 Å². The maximum Gasteiger partial charge on any atom is 0.275 e. The number of aryl methyl sites for hydroxylation is 1. The number of hydrogen-bond donors (Lipinski definition) is 2. The molecule has 2 rings (SSSR count). The van der Waals surface area contributed by atoms with Gasteiger partial charge in [0.1, 0.15) is 11.5 Å². The highest BCUT2D eigenvalue weighted by molar-refractivity contribution is 6.02.